The average Bonchev–Trinajstić information content (AvgIpc) is 2.65. The van der Waals surface area contributed by atoms with Crippen molar-refractivity contribution in [3.63, 3.8) is 0 Å². The highest BCUT2D eigenvalue weighted by Crippen LogP contribution is 2.15. The number of aromatic nitrogens is 2. The summed E-state index contributed by atoms with van der Waals surface area (Å²) in [5, 5.41) is 3.36. The Morgan fingerprint density at radius 2 is 2.06 bits per heavy atom. The summed E-state index contributed by atoms with van der Waals surface area (Å²) in [6.07, 6.45) is 2.42. The van der Waals surface area contributed by atoms with E-state index in [0.717, 1.165) is 31.0 Å². The Kier molecular flexibility index (Phi) is 4.15. The number of benzene rings is 1. The summed E-state index contributed by atoms with van der Waals surface area (Å²) < 4.78 is 2.32. The lowest BCUT2D eigenvalue weighted by Crippen LogP contribution is -2.14. The number of fused-ring (bicyclic) bond motifs is 1. The fraction of sp³-hybridized carbons (Fsp3) is 0.500. The normalized spacial score (nSPS) is 11.2. The van der Waals surface area contributed by atoms with Crippen molar-refractivity contribution in [3.05, 3.63) is 30.1 Å². The molecule has 0 amide bonds. The maximum Gasteiger partial charge on any atom is 0.106 e. The SMILES string of the molecule is CCNCCCCn1c(C)nc2ccccc21. The number of para-hydroxylation sites is 2. The highest BCUT2D eigenvalue weighted by molar-refractivity contribution is 5.75. The lowest BCUT2D eigenvalue weighted by molar-refractivity contribution is 0.577. The van der Waals surface area contributed by atoms with Crippen LogP contribution in [0.5, 0.6) is 0 Å². The zero-order valence-electron chi connectivity index (χ0n) is 10.7. The van der Waals surface area contributed by atoms with Crippen molar-refractivity contribution in [2.75, 3.05) is 13.1 Å². The predicted molar refractivity (Wildman–Crippen MR) is 72.2 cm³/mol. The van der Waals surface area contributed by atoms with Crippen LogP contribution in [-0.2, 0) is 6.54 Å². The van der Waals surface area contributed by atoms with Crippen LogP contribution in [-0.4, -0.2) is 22.6 Å². The molecule has 0 aliphatic rings. The maximum atomic E-state index is 4.58. The van der Waals surface area contributed by atoms with Crippen LogP contribution in [0.2, 0.25) is 0 Å². The van der Waals surface area contributed by atoms with E-state index in [1.165, 1.54) is 18.4 Å². The highest BCUT2D eigenvalue weighted by Gasteiger charge is 2.05. The smallest absolute Gasteiger partial charge is 0.106 e. The molecule has 0 unspecified atom stereocenters. The van der Waals surface area contributed by atoms with E-state index in [-0.39, 0.29) is 0 Å². The van der Waals surface area contributed by atoms with Gasteiger partial charge in [-0.2, -0.15) is 0 Å². The predicted octanol–water partition coefficient (Wildman–Crippen LogP) is 2.73. The lowest BCUT2D eigenvalue weighted by Gasteiger charge is -2.06. The molecule has 1 aromatic carbocycles. The number of rotatable bonds is 6. The molecule has 0 saturated carbocycles. The van der Waals surface area contributed by atoms with Gasteiger partial charge in [-0.3, -0.25) is 0 Å². The van der Waals surface area contributed by atoms with Crippen molar-refractivity contribution >= 4 is 11.0 Å². The fourth-order valence-electron chi connectivity index (χ4n) is 2.17. The molecule has 3 nitrogen and oxygen atoms in total. The van der Waals surface area contributed by atoms with Gasteiger partial charge in [0.1, 0.15) is 5.82 Å². The van der Waals surface area contributed by atoms with Gasteiger partial charge in [0, 0.05) is 6.54 Å². The third-order valence-electron chi connectivity index (χ3n) is 3.08. The third kappa shape index (κ3) is 2.86. The second-order valence-electron chi connectivity index (χ2n) is 4.36. The molecule has 2 rings (SSSR count). The first-order valence-electron chi connectivity index (χ1n) is 6.45. The van der Waals surface area contributed by atoms with Crippen molar-refractivity contribution in [3.8, 4) is 0 Å². The molecule has 0 radical (unpaired) electrons. The number of aryl methyl sites for hydroxylation is 2. The number of unbranched alkanes of at least 4 members (excludes halogenated alkanes) is 1. The Morgan fingerprint density at radius 3 is 2.88 bits per heavy atom. The minimum Gasteiger partial charge on any atom is -0.328 e. The summed E-state index contributed by atoms with van der Waals surface area (Å²) in [4.78, 5) is 4.58. The third-order valence-corrected chi connectivity index (χ3v) is 3.08. The van der Waals surface area contributed by atoms with Crippen LogP contribution >= 0.6 is 0 Å². The van der Waals surface area contributed by atoms with Gasteiger partial charge in [-0.25, -0.2) is 4.98 Å². The van der Waals surface area contributed by atoms with Gasteiger partial charge < -0.3 is 9.88 Å². The molecule has 3 heteroatoms. The second-order valence-corrected chi connectivity index (χ2v) is 4.36. The van der Waals surface area contributed by atoms with E-state index in [1.807, 2.05) is 6.07 Å². The first kappa shape index (κ1) is 12.1. The van der Waals surface area contributed by atoms with Gasteiger partial charge in [-0.1, -0.05) is 19.1 Å². The first-order valence-corrected chi connectivity index (χ1v) is 6.45. The number of hydrogen-bond donors (Lipinski definition) is 1. The molecule has 0 saturated heterocycles. The lowest BCUT2D eigenvalue weighted by atomic mass is 10.3. The Hall–Kier alpha value is -1.35. The molecule has 92 valence electrons. The van der Waals surface area contributed by atoms with Crippen molar-refractivity contribution in [1.29, 1.82) is 0 Å². The van der Waals surface area contributed by atoms with E-state index in [4.69, 9.17) is 0 Å². The van der Waals surface area contributed by atoms with E-state index >= 15 is 0 Å². The van der Waals surface area contributed by atoms with Gasteiger partial charge in [0.15, 0.2) is 0 Å². The van der Waals surface area contributed by atoms with Crippen LogP contribution in [0.1, 0.15) is 25.6 Å². The van der Waals surface area contributed by atoms with Crippen LogP contribution in [0, 0.1) is 6.92 Å². The van der Waals surface area contributed by atoms with Gasteiger partial charge in [0.25, 0.3) is 0 Å². The van der Waals surface area contributed by atoms with E-state index < -0.39 is 0 Å². The maximum absolute atomic E-state index is 4.58. The summed E-state index contributed by atoms with van der Waals surface area (Å²) in [7, 11) is 0. The minimum atomic E-state index is 1.06. The zero-order chi connectivity index (χ0) is 12.1. The largest absolute Gasteiger partial charge is 0.328 e. The molecule has 0 bridgehead atoms. The van der Waals surface area contributed by atoms with Crippen molar-refractivity contribution < 1.29 is 0 Å². The molecule has 0 fully saturated rings. The summed E-state index contributed by atoms with van der Waals surface area (Å²) >= 11 is 0. The molecule has 1 heterocycles. The Balaban J connectivity index is 2.00. The molecule has 0 atom stereocenters. The molecular weight excluding hydrogens is 210 g/mol. The van der Waals surface area contributed by atoms with E-state index in [9.17, 15) is 0 Å². The van der Waals surface area contributed by atoms with E-state index in [2.05, 4.69) is 46.9 Å². The average molecular weight is 231 g/mol. The quantitative estimate of drug-likeness (QED) is 0.775. The number of nitrogens with one attached hydrogen (secondary N) is 1. The zero-order valence-corrected chi connectivity index (χ0v) is 10.7. The Morgan fingerprint density at radius 1 is 1.24 bits per heavy atom. The molecule has 2 aromatic rings. The van der Waals surface area contributed by atoms with Crippen LogP contribution < -0.4 is 5.32 Å². The fourth-order valence-corrected chi connectivity index (χ4v) is 2.17. The molecule has 0 aliphatic carbocycles. The van der Waals surface area contributed by atoms with E-state index in [0.29, 0.717) is 0 Å². The standard InChI is InChI=1S/C14H21N3/c1-3-15-10-6-7-11-17-12(2)16-13-8-4-5-9-14(13)17/h4-5,8-9,15H,3,6-7,10-11H2,1-2H3. The topological polar surface area (TPSA) is 29.9 Å². The van der Waals surface area contributed by atoms with Crippen LogP contribution in [0.3, 0.4) is 0 Å². The van der Waals surface area contributed by atoms with E-state index in [1.54, 1.807) is 0 Å². The minimum absolute atomic E-state index is 1.06. The summed E-state index contributed by atoms with van der Waals surface area (Å²) in [6.45, 7) is 7.48. The summed E-state index contributed by atoms with van der Waals surface area (Å²) in [6, 6.07) is 8.36. The van der Waals surface area contributed by atoms with Crippen LogP contribution in [0.15, 0.2) is 24.3 Å². The highest BCUT2D eigenvalue weighted by atomic mass is 15.1. The molecule has 1 N–H and O–H groups in total. The van der Waals surface area contributed by atoms with Crippen molar-refractivity contribution in [2.45, 2.75) is 33.2 Å². The Bertz CT molecular complexity index is 473. The van der Waals surface area contributed by atoms with Gasteiger partial charge in [-0.15, -0.1) is 0 Å². The molecular formula is C14H21N3. The van der Waals surface area contributed by atoms with Crippen molar-refractivity contribution in [2.24, 2.45) is 0 Å². The summed E-state index contributed by atoms with van der Waals surface area (Å²) in [5.41, 5.74) is 2.37. The molecule has 1 aromatic heterocycles. The first-order chi connectivity index (χ1) is 8.33. The molecule has 0 aliphatic heterocycles. The molecule has 17 heavy (non-hydrogen) atoms. The van der Waals surface area contributed by atoms with Crippen LogP contribution in [0.25, 0.3) is 11.0 Å². The number of hydrogen-bond acceptors (Lipinski definition) is 2. The van der Waals surface area contributed by atoms with Gasteiger partial charge in [0.05, 0.1) is 11.0 Å². The van der Waals surface area contributed by atoms with Crippen molar-refractivity contribution in [1.82, 2.24) is 14.9 Å². The molecule has 0 spiro atoms. The monoisotopic (exact) mass is 231 g/mol. The van der Waals surface area contributed by atoms with Crippen LogP contribution in [0.4, 0.5) is 0 Å². The number of nitrogens with zero attached hydrogens (tertiary/aromatic N) is 2. The number of imidazole rings is 1. The summed E-state index contributed by atoms with van der Waals surface area (Å²) in [5.74, 6) is 1.12. The van der Waals surface area contributed by atoms with Gasteiger partial charge >= 0.3 is 0 Å². The van der Waals surface area contributed by atoms with Gasteiger partial charge in [-0.05, 0) is 45.0 Å². The Labute approximate surface area is 103 Å². The van der Waals surface area contributed by atoms with Gasteiger partial charge in [0.2, 0.25) is 0 Å². The second kappa shape index (κ2) is 5.82.